The van der Waals surface area contributed by atoms with Gasteiger partial charge in [0, 0.05) is 25.4 Å². The summed E-state index contributed by atoms with van der Waals surface area (Å²) < 4.78 is 1.09. The van der Waals surface area contributed by atoms with Gasteiger partial charge in [0.2, 0.25) is 5.95 Å². The Kier molecular flexibility index (Phi) is 5.27. The summed E-state index contributed by atoms with van der Waals surface area (Å²) in [5.41, 5.74) is 2.94. The zero-order valence-electron chi connectivity index (χ0n) is 17.9. The lowest BCUT2D eigenvalue weighted by atomic mass is 10.1. The van der Waals surface area contributed by atoms with Crippen molar-refractivity contribution in [3.8, 4) is 10.6 Å². The van der Waals surface area contributed by atoms with E-state index >= 15 is 0 Å². The molecule has 3 aromatic rings. The first kappa shape index (κ1) is 20.5. The van der Waals surface area contributed by atoms with Crippen LogP contribution in [0.25, 0.3) is 20.8 Å². The van der Waals surface area contributed by atoms with Crippen molar-refractivity contribution in [1.29, 1.82) is 0 Å². The third kappa shape index (κ3) is 4.22. The summed E-state index contributed by atoms with van der Waals surface area (Å²) in [7, 11) is 0. The van der Waals surface area contributed by atoms with Crippen LogP contribution in [-0.4, -0.2) is 54.9 Å². The maximum Gasteiger partial charge on any atom is 0.225 e. The van der Waals surface area contributed by atoms with Gasteiger partial charge < -0.3 is 20.8 Å². The van der Waals surface area contributed by atoms with Crippen LogP contribution in [0.2, 0.25) is 0 Å². The van der Waals surface area contributed by atoms with Crippen LogP contribution in [0.1, 0.15) is 43.5 Å². The van der Waals surface area contributed by atoms with Crippen LogP contribution in [-0.2, 0) is 0 Å². The molecule has 4 N–H and O–H groups in total. The summed E-state index contributed by atoms with van der Waals surface area (Å²) in [6.45, 7) is 4.62. The van der Waals surface area contributed by atoms with Gasteiger partial charge in [0.1, 0.15) is 16.3 Å². The first-order valence-corrected chi connectivity index (χ1v) is 11.7. The van der Waals surface area contributed by atoms with Gasteiger partial charge >= 0.3 is 0 Å². The molecule has 2 aliphatic rings. The summed E-state index contributed by atoms with van der Waals surface area (Å²) in [5, 5.41) is 27.4. The molecule has 0 bridgehead atoms. The zero-order chi connectivity index (χ0) is 21.6. The van der Waals surface area contributed by atoms with Gasteiger partial charge in [-0.25, -0.2) is 9.97 Å². The molecular formula is C22H28N6O2S. The van der Waals surface area contributed by atoms with E-state index in [1.54, 1.807) is 11.3 Å². The molecule has 2 saturated carbocycles. The number of fused-ring (bicyclic) bond motifs is 1. The molecule has 0 amide bonds. The first-order valence-electron chi connectivity index (χ1n) is 10.9. The predicted octanol–water partition coefficient (Wildman–Crippen LogP) is 3.27. The number of nitrogens with one attached hydrogen (secondary N) is 2. The van der Waals surface area contributed by atoms with E-state index in [0.717, 1.165) is 70.1 Å². The van der Waals surface area contributed by atoms with E-state index in [-0.39, 0.29) is 12.6 Å². The summed E-state index contributed by atoms with van der Waals surface area (Å²) in [5.74, 6) is 1.60. The van der Waals surface area contributed by atoms with E-state index in [2.05, 4.69) is 20.6 Å². The minimum absolute atomic E-state index is 0.226. The summed E-state index contributed by atoms with van der Waals surface area (Å²) in [6.07, 6.45) is 6.37. The largest absolute Gasteiger partial charge is 0.396 e. The molecule has 31 heavy (non-hydrogen) atoms. The van der Waals surface area contributed by atoms with E-state index in [0.29, 0.717) is 18.4 Å². The van der Waals surface area contributed by atoms with Crippen molar-refractivity contribution in [2.24, 2.45) is 5.92 Å². The van der Waals surface area contributed by atoms with Crippen molar-refractivity contribution in [3.63, 3.8) is 0 Å². The Labute approximate surface area is 185 Å². The molecule has 2 fully saturated rings. The molecule has 2 aliphatic carbocycles. The smallest absolute Gasteiger partial charge is 0.225 e. The number of aliphatic hydroxyl groups excluding tert-OH is 1. The maximum absolute atomic E-state index is 10.2. The molecule has 0 aliphatic heterocycles. The molecule has 164 valence electrons. The highest BCUT2D eigenvalue weighted by atomic mass is 32.1. The predicted molar refractivity (Wildman–Crippen MR) is 122 cm³/mol. The number of thiazole rings is 1. The van der Waals surface area contributed by atoms with Gasteiger partial charge in [0.25, 0.3) is 0 Å². The highest BCUT2D eigenvalue weighted by Crippen LogP contribution is 2.39. The van der Waals surface area contributed by atoms with Gasteiger partial charge in [-0.05, 0) is 57.9 Å². The summed E-state index contributed by atoms with van der Waals surface area (Å²) >= 11 is 1.62. The highest BCUT2D eigenvalue weighted by Gasteiger charge is 2.40. The monoisotopic (exact) mass is 440 g/mol. The van der Waals surface area contributed by atoms with Crippen LogP contribution >= 0.6 is 11.3 Å². The number of anilines is 2. The number of hydrogen-bond acceptors (Lipinski definition) is 9. The minimum atomic E-state index is -0.624. The molecule has 0 spiro atoms. The second-order valence-corrected chi connectivity index (χ2v) is 9.93. The van der Waals surface area contributed by atoms with E-state index in [4.69, 9.17) is 9.97 Å². The van der Waals surface area contributed by atoms with Crippen LogP contribution in [0.15, 0.2) is 12.3 Å². The summed E-state index contributed by atoms with van der Waals surface area (Å²) in [4.78, 5) is 18.7. The van der Waals surface area contributed by atoms with Crippen molar-refractivity contribution in [2.75, 3.05) is 23.8 Å². The quantitative estimate of drug-likeness (QED) is 0.442. The lowest BCUT2D eigenvalue weighted by molar-refractivity contribution is 0.164. The van der Waals surface area contributed by atoms with Crippen molar-refractivity contribution in [3.05, 3.63) is 23.7 Å². The lowest BCUT2D eigenvalue weighted by Crippen LogP contribution is -2.23. The number of aromatic nitrogens is 4. The zero-order valence-corrected chi connectivity index (χ0v) is 18.7. The molecule has 8 nitrogen and oxygen atoms in total. The number of aryl methyl sites for hydroxylation is 2. The van der Waals surface area contributed by atoms with Crippen LogP contribution in [0.5, 0.6) is 0 Å². The van der Waals surface area contributed by atoms with Gasteiger partial charge in [-0.2, -0.15) is 4.98 Å². The summed E-state index contributed by atoms with van der Waals surface area (Å²) in [6, 6.07) is 2.24. The fourth-order valence-electron chi connectivity index (χ4n) is 4.23. The molecule has 2 atom stereocenters. The fourth-order valence-corrected chi connectivity index (χ4v) is 5.34. The average Bonchev–Trinajstić information content (AvgIpc) is 3.14. The molecule has 3 heterocycles. The van der Waals surface area contributed by atoms with Gasteiger partial charge in [-0.15, -0.1) is 11.3 Å². The van der Waals surface area contributed by atoms with E-state index in [9.17, 15) is 10.2 Å². The second-order valence-electron chi connectivity index (χ2n) is 8.90. The number of aliphatic hydroxyl groups is 2. The van der Waals surface area contributed by atoms with Crippen molar-refractivity contribution in [1.82, 2.24) is 19.9 Å². The highest BCUT2D eigenvalue weighted by molar-refractivity contribution is 7.21. The van der Waals surface area contributed by atoms with Crippen LogP contribution in [0, 0.1) is 19.8 Å². The molecule has 9 heteroatoms. The second kappa shape index (κ2) is 7.96. The minimum Gasteiger partial charge on any atom is -0.396 e. The Balaban J connectivity index is 1.52. The Morgan fingerprint density at radius 3 is 2.71 bits per heavy atom. The third-order valence-electron chi connectivity index (χ3n) is 6.34. The molecule has 2 unspecified atom stereocenters. The molecule has 0 radical (unpaired) electrons. The topological polar surface area (TPSA) is 116 Å². The van der Waals surface area contributed by atoms with Crippen LogP contribution in [0.3, 0.4) is 0 Å². The van der Waals surface area contributed by atoms with Gasteiger partial charge in [-0.3, -0.25) is 4.98 Å². The lowest BCUT2D eigenvalue weighted by Gasteiger charge is -2.19. The van der Waals surface area contributed by atoms with E-state index < -0.39 is 5.60 Å². The SMILES string of the molecule is Cc1nc(NCC2(O)CC2)nc(NC2CCC(CO)C2)c1-c1nc2c(C)nccc2s1. The van der Waals surface area contributed by atoms with Gasteiger partial charge in [-0.1, -0.05) is 0 Å². The Morgan fingerprint density at radius 2 is 2.00 bits per heavy atom. The van der Waals surface area contributed by atoms with Crippen LogP contribution in [0.4, 0.5) is 11.8 Å². The van der Waals surface area contributed by atoms with Crippen molar-refractivity contribution in [2.45, 2.75) is 57.6 Å². The van der Waals surface area contributed by atoms with E-state index in [1.165, 1.54) is 0 Å². The Hall–Kier alpha value is -2.36. The maximum atomic E-state index is 10.2. The molecule has 0 aromatic carbocycles. The van der Waals surface area contributed by atoms with Crippen molar-refractivity contribution < 1.29 is 10.2 Å². The number of rotatable bonds is 7. The molecular weight excluding hydrogens is 412 g/mol. The first-order chi connectivity index (χ1) is 14.9. The Bertz CT molecular complexity index is 1110. The Morgan fingerprint density at radius 1 is 1.16 bits per heavy atom. The molecule has 0 saturated heterocycles. The number of hydrogen-bond donors (Lipinski definition) is 4. The fraction of sp³-hybridized carbons (Fsp3) is 0.545. The number of nitrogens with zero attached hydrogens (tertiary/aromatic N) is 4. The number of pyridine rings is 1. The standard InChI is InChI=1S/C22H28N6O2S/c1-12-17(20-27-18-13(2)23-8-5-16(18)31-20)19(26-15-4-3-14(9-15)10-29)28-21(25-12)24-11-22(30)6-7-22/h5,8,14-15,29-30H,3-4,6-7,9-11H2,1-2H3,(H2,24,25,26,28). The van der Waals surface area contributed by atoms with E-state index in [1.807, 2.05) is 26.1 Å². The molecule has 5 rings (SSSR count). The molecule has 3 aromatic heterocycles. The average molecular weight is 441 g/mol. The van der Waals surface area contributed by atoms with Gasteiger partial charge in [0.05, 0.1) is 27.3 Å². The normalized spacial score (nSPS) is 22.1. The van der Waals surface area contributed by atoms with Gasteiger partial charge in [0.15, 0.2) is 0 Å². The van der Waals surface area contributed by atoms with Crippen molar-refractivity contribution >= 4 is 33.3 Å². The third-order valence-corrected chi connectivity index (χ3v) is 7.38. The van der Waals surface area contributed by atoms with Crippen LogP contribution < -0.4 is 10.6 Å².